The van der Waals surface area contributed by atoms with Gasteiger partial charge in [0.15, 0.2) is 0 Å². The minimum atomic E-state index is -0.00600. The van der Waals surface area contributed by atoms with E-state index in [2.05, 4.69) is 22.5 Å². The van der Waals surface area contributed by atoms with Gasteiger partial charge in [-0.1, -0.05) is 23.7 Å². The highest BCUT2D eigenvalue weighted by molar-refractivity contribution is 6.32. The van der Waals surface area contributed by atoms with E-state index in [4.69, 9.17) is 16.3 Å². The van der Waals surface area contributed by atoms with Gasteiger partial charge >= 0.3 is 0 Å². The summed E-state index contributed by atoms with van der Waals surface area (Å²) < 4.78 is 5.74. The number of nitrogens with one attached hydrogen (secondary N) is 2. The van der Waals surface area contributed by atoms with Crippen LogP contribution in [0, 0.1) is 0 Å². The highest BCUT2D eigenvalue weighted by Crippen LogP contribution is 2.29. The third-order valence-electron chi connectivity index (χ3n) is 4.19. The first kappa shape index (κ1) is 17.7. The first-order chi connectivity index (χ1) is 12.1. The first-order valence-electron chi connectivity index (χ1n) is 8.39. The minimum absolute atomic E-state index is 0.00600. The summed E-state index contributed by atoms with van der Waals surface area (Å²) in [5.74, 6) is 1.27. The van der Waals surface area contributed by atoms with E-state index in [0.717, 1.165) is 25.3 Å². The van der Waals surface area contributed by atoms with Crippen LogP contribution in [-0.4, -0.2) is 43.0 Å². The Morgan fingerprint density at radius 1 is 1.28 bits per heavy atom. The van der Waals surface area contributed by atoms with Gasteiger partial charge in [-0.25, -0.2) is 0 Å². The van der Waals surface area contributed by atoms with Crippen LogP contribution < -0.4 is 15.4 Å². The summed E-state index contributed by atoms with van der Waals surface area (Å²) in [5.41, 5.74) is 0.749. The Hall–Kier alpha value is -2.08. The smallest absolute Gasteiger partial charge is 0.238 e. The predicted molar refractivity (Wildman–Crippen MR) is 101 cm³/mol. The summed E-state index contributed by atoms with van der Waals surface area (Å²) in [6.07, 6.45) is 0. The molecule has 2 aromatic carbocycles. The van der Waals surface area contributed by atoms with Crippen LogP contribution in [0.25, 0.3) is 0 Å². The minimum Gasteiger partial charge on any atom is -0.456 e. The number of halogens is 1. The molecule has 5 nitrogen and oxygen atoms in total. The average Bonchev–Trinajstić information content (AvgIpc) is 2.61. The molecular weight excluding hydrogens is 338 g/mol. The quantitative estimate of drug-likeness (QED) is 0.859. The van der Waals surface area contributed by atoms with Crippen LogP contribution in [0.3, 0.4) is 0 Å². The molecule has 2 N–H and O–H groups in total. The molecule has 1 aliphatic rings. The Balaban J connectivity index is 1.55. The fourth-order valence-electron chi connectivity index (χ4n) is 2.76. The summed E-state index contributed by atoms with van der Waals surface area (Å²) in [6.45, 7) is 5.26. The van der Waals surface area contributed by atoms with Crippen molar-refractivity contribution in [3.8, 4) is 11.5 Å². The molecule has 6 heteroatoms. The Labute approximate surface area is 152 Å². The molecule has 1 saturated heterocycles. The van der Waals surface area contributed by atoms with Gasteiger partial charge in [-0.2, -0.15) is 0 Å². The van der Waals surface area contributed by atoms with Crippen molar-refractivity contribution < 1.29 is 9.53 Å². The van der Waals surface area contributed by atoms with Crippen molar-refractivity contribution in [1.82, 2.24) is 10.2 Å². The molecule has 0 aliphatic carbocycles. The van der Waals surface area contributed by atoms with Gasteiger partial charge in [0.1, 0.15) is 11.5 Å². The van der Waals surface area contributed by atoms with E-state index in [1.165, 1.54) is 0 Å². The number of benzene rings is 2. The van der Waals surface area contributed by atoms with Gasteiger partial charge in [0.2, 0.25) is 5.91 Å². The molecule has 1 atom stereocenters. The van der Waals surface area contributed by atoms with Crippen LogP contribution >= 0.6 is 11.6 Å². The molecule has 0 aromatic heterocycles. The molecule has 0 radical (unpaired) electrons. The lowest BCUT2D eigenvalue weighted by atomic mass is 10.2. The molecule has 3 rings (SSSR count). The fraction of sp³-hybridized carbons (Fsp3) is 0.316. The van der Waals surface area contributed by atoms with Crippen molar-refractivity contribution in [1.29, 1.82) is 0 Å². The van der Waals surface area contributed by atoms with E-state index >= 15 is 0 Å². The average molecular weight is 360 g/mol. The third-order valence-corrected chi connectivity index (χ3v) is 4.50. The van der Waals surface area contributed by atoms with E-state index < -0.39 is 0 Å². The Bertz CT molecular complexity index is 721. The van der Waals surface area contributed by atoms with Gasteiger partial charge in [-0.05, 0) is 43.3 Å². The van der Waals surface area contributed by atoms with Gasteiger partial charge in [0.05, 0.1) is 11.6 Å². The number of piperazine rings is 1. The van der Waals surface area contributed by atoms with Crippen LogP contribution in [-0.2, 0) is 4.79 Å². The fourth-order valence-corrected chi connectivity index (χ4v) is 2.94. The maximum Gasteiger partial charge on any atom is 0.238 e. The van der Waals surface area contributed by atoms with E-state index in [1.54, 1.807) is 6.07 Å². The zero-order chi connectivity index (χ0) is 17.6. The SMILES string of the molecule is C[C@@H]1CNCCN1CC(=O)Nc1ccc(Oc2ccccc2Cl)cc1. The number of hydrogen-bond donors (Lipinski definition) is 2. The maximum absolute atomic E-state index is 12.2. The summed E-state index contributed by atoms with van der Waals surface area (Å²) in [6, 6.07) is 15.0. The molecule has 2 aromatic rings. The number of rotatable bonds is 5. The largest absolute Gasteiger partial charge is 0.456 e. The van der Waals surface area contributed by atoms with E-state index in [0.29, 0.717) is 29.1 Å². The molecule has 1 fully saturated rings. The van der Waals surface area contributed by atoms with E-state index in [9.17, 15) is 4.79 Å². The Morgan fingerprint density at radius 3 is 2.76 bits per heavy atom. The van der Waals surface area contributed by atoms with Crippen LogP contribution in [0.15, 0.2) is 48.5 Å². The normalized spacial score (nSPS) is 17.9. The van der Waals surface area contributed by atoms with Gasteiger partial charge in [0.25, 0.3) is 0 Å². The molecule has 1 aliphatic heterocycles. The Kier molecular flexibility index (Phi) is 5.91. The standard InChI is InChI=1S/C19H22ClN3O2/c1-14-12-21-10-11-23(14)13-19(24)22-15-6-8-16(9-7-15)25-18-5-3-2-4-17(18)20/h2-9,14,21H,10-13H2,1H3,(H,22,24)/t14-/m1/s1. The highest BCUT2D eigenvalue weighted by Gasteiger charge is 2.20. The van der Waals surface area contributed by atoms with Crippen molar-refractivity contribution in [2.24, 2.45) is 0 Å². The molecule has 0 saturated carbocycles. The number of anilines is 1. The molecule has 132 valence electrons. The number of ether oxygens (including phenoxy) is 1. The lowest BCUT2D eigenvalue weighted by Gasteiger charge is -2.33. The predicted octanol–water partition coefficient (Wildman–Crippen LogP) is 3.36. The van der Waals surface area contributed by atoms with E-state index in [-0.39, 0.29) is 5.91 Å². The van der Waals surface area contributed by atoms with Crippen molar-refractivity contribution in [3.05, 3.63) is 53.6 Å². The number of para-hydroxylation sites is 1. The number of nitrogens with zero attached hydrogens (tertiary/aromatic N) is 1. The van der Waals surface area contributed by atoms with E-state index in [1.807, 2.05) is 42.5 Å². The van der Waals surface area contributed by atoms with Crippen LogP contribution in [0.1, 0.15) is 6.92 Å². The van der Waals surface area contributed by atoms with Gasteiger partial charge in [-0.3, -0.25) is 9.69 Å². The van der Waals surface area contributed by atoms with Crippen LogP contribution in [0.5, 0.6) is 11.5 Å². The molecule has 25 heavy (non-hydrogen) atoms. The number of carbonyl (C=O) groups is 1. The van der Waals surface area contributed by atoms with Gasteiger partial charge in [0, 0.05) is 31.4 Å². The second kappa shape index (κ2) is 8.34. The molecule has 0 unspecified atom stereocenters. The summed E-state index contributed by atoms with van der Waals surface area (Å²) in [7, 11) is 0. The lowest BCUT2D eigenvalue weighted by molar-refractivity contribution is -0.118. The maximum atomic E-state index is 12.2. The monoisotopic (exact) mass is 359 g/mol. The zero-order valence-electron chi connectivity index (χ0n) is 14.2. The van der Waals surface area contributed by atoms with Crippen molar-refractivity contribution >= 4 is 23.2 Å². The van der Waals surface area contributed by atoms with Gasteiger partial charge < -0.3 is 15.4 Å². The second-order valence-corrected chi connectivity index (χ2v) is 6.54. The van der Waals surface area contributed by atoms with Crippen LogP contribution in [0.2, 0.25) is 5.02 Å². The molecule has 1 heterocycles. The topological polar surface area (TPSA) is 53.6 Å². The lowest BCUT2D eigenvalue weighted by Crippen LogP contribution is -2.51. The first-order valence-corrected chi connectivity index (χ1v) is 8.76. The summed E-state index contributed by atoms with van der Waals surface area (Å²) in [4.78, 5) is 14.4. The van der Waals surface area contributed by atoms with Gasteiger partial charge in [-0.15, -0.1) is 0 Å². The highest BCUT2D eigenvalue weighted by atomic mass is 35.5. The van der Waals surface area contributed by atoms with Crippen molar-refractivity contribution in [3.63, 3.8) is 0 Å². The van der Waals surface area contributed by atoms with Crippen molar-refractivity contribution in [2.75, 3.05) is 31.5 Å². The number of amides is 1. The second-order valence-electron chi connectivity index (χ2n) is 6.13. The summed E-state index contributed by atoms with van der Waals surface area (Å²) >= 11 is 6.09. The molecule has 0 bridgehead atoms. The zero-order valence-corrected chi connectivity index (χ0v) is 14.9. The van der Waals surface area contributed by atoms with Crippen molar-refractivity contribution in [2.45, 2.75) is 13.0 Å². The Morgan fingerprint density at radius 2 is 2.04 bits per heavy atom. The molecule has 0 spiro atoms. The number of carbonyl (C=O) groups excluding carboxylic acids is 1. The third kappa shape index (κ3) is 4.95. The molecular formula is C19H22ClN3O2. The van der Waals surface area contributed by atoms with Crippen LogP contribution in [0.4, 0.5) is 5.69 Å². The molecule has 1 amide bonds. The summed E-state index contributed by atoms with van der Waals surface area (Å²) in [5, 5.41) is 6.81. The number of hydrogen-bond acceptors (Lipinski definition) is 4.